The van der Waals surface area contributed by atoms with Gasteiger partial charge in [-0.3, -0.25) is 4.79 Å². The second-order valence-electron chi connectivity index (χ2n) is 3.54. The van der Waals surface area contributed by atoms with Crippen LogP contribution < -0.4 is 5.32 Å². The Hall–Kier alpha value is -1.35. The van der Waals surface area contributed by atoms with Crippen molar-refractivity contribution in [2.75, 3.05) is 26.9 Å². The number of epoxide rings is 1. The summed E-state index contributed by atoms with van der Waals surface area (Å²) in [6, 6.07) is -1.50. The van der Waals surface area contributed by atoms with Gasteiger partial charge in [0.1, 0.15) is 6.10 Å². The van der Waals surface area contributed by atoms with Crippen LogP contribution in [0.3, 0.4) is 0 Å². The number of hydrogen-bond donors (Lipinski definition) is 1. The molecule has 18 heavy (non-hydrogen) atoms. The number of amides is 1. The fourth-order valence-electron chi connectivity index (χ4n) is 1.03. The Morgan fingerprint density at radius 1 is 1.50 bits per heavy atom. The van der Waals surface area contributed by atoms with Crippen LogP contribution >= 0.6 is 0 Å². The second-order valence-corrected chi connectivity index (χ2v) is 3.54. The molecule has 1 heterocycles. The first-order valence-corrected chi connectivity index (χ1v) is 4.99. The second kappa shape index (κ2) is 6.01. The number of nitrogens with one attached hydrogen (secondary N) is 1. The van der Waals surface area contributed by atoms with E-state index in [0.717, 1.165) is 7.11 Å². The highest BCUT2D eigenvalue weighted by Crippen LogP contribution is 2.15. The number of alkyl halides is 3. The summed E-state index contributed by atoms with van der Waals surface area (Å²) in [5.74, 6) is -3.23. The molecule has 0 bridgehead atoms. The monoisotopic (exact) mass is 271 g/mol. The molecular weight excluding hydrogens is 259 g/mol. The van der Waals surface area contributed by atoms with Gasteiger partial charge in [0.2, 0.25) is 0 Å². The molecule has 1 N–H and O–H groups in total. The number of methoxy groups -OCH3 is 1. The molecule has 0 saturated carbocycles. The van der Waals surface area contributed by atoms with Crippen molar-refractivity contribution in [2.24, 2.45) is 0 Å². The van der Waals surface area contributed by atoms with Crippen LogP contribution in [0.1, 0.15) is 0 Å². The van der Waals surface area contributed by atoms with E-state index in [-0.39, 0.29) is 12.7 Å². The van der Waals surface area contributed by atoms with E-state index < -0.39 is 30.7 Å². The summed E-state index contributed by atoms with van der Waals surface area (Å²) in [6.45, 7) is 0.252. The number of ether oxygens (including phenoxy) is 3. The summed E-state index contributed by atoms with van der Waals surface area (Å²) in [5, 5.41) is 1.50. The minimum atomic E-state index is -5.06. The Bertz CT molecular complexity index is 316. The fraction of sp³-hybridized carbons (Fsp3) is 0.778. The largest absolute Gasteiger partial charge is 0.471 e. The van der Waals surface area contributed by atoms with Gasteiger partial charge in [-0.15, -0.1) is 0 Å². The lowest BCUT2D eigenvalue weighted by Gasteiger charge is -2.17. The summed E-state index contributed by atoms with van der Waals surface area (Å²) in [6.07, 6.45) is -5.16. The normalized spacial score (nSPS) is 20.1. The van der Waals surface area contributed by atoms with Gasteiger partial charge in [0.15, 0.2) is 6.04 Å². The Balaban J connectivity index is 2.43. The zero-order valence-corrected chi connectivity index (χ0v) is 9.45. The van der Waals surface area contributed by atoms with Crippen molar-refractivity contribution in [2.45, 2.75) is 18.3 Å². The molecule has 1 unspecified atom stereocenters. The lowest BCUT2D eigenvalue weighted by Crippen LogP contribution is -2.49. The number of rotatable bonds is 6. The number of carbonyl (C=O) groups is 2. The predicted molar refractivity (Wildman–Crippen MR) is 50.6 cm³/mol. The van der Waals surface area contributed by atoms with Crippen LogP contribution in [-0.2, 0) is 23.8 Å². The summed E-state index contributed by atoms with van der Waals surface area (Å²) in [4.78, 5) is 21.8. The van der Waals surface area contributed by atoms with Crippen molar-refractivity contribution in [1.82, 2.24) is 5.32 Å². The quantitative estimate of drug-likeness (QED) is 0.526. The number of hydrogen-bond acceptors (Lipinski definition) is 5. The highest BCUT2D eigenvalue weighted by atomic mass is 19.4. The van der Waals surface area contributed by atoms with Gasteiger partial charge in [-0.05, 0) is 0 Å². The van der Waals surface area contributed by atoms with Crippen LogP contribution in [0.4, 0.5) is 13.2 Å². The van der Waals surface area contributed by atoms with Crippen molar-refractivity contribution in [1.29, 1.82) is 0 Å². The van der Waals surface area contributed by atoms with E-state index in [0.29, 0.717) is 6.61 Å². The van der Waals surface area contributed by atoms with Gasteiger partial charge in [-0.25, -0.2) is 4.79 Å². The number of esters is 1. The Morgan fingerprint density at radius 3 is 2.56 bits per heavy atom. The van der Waals surface area contributed by atoms with Crippen LogP contribution in [-0.4, -0.2) is 57.1 Å². The van der Waals surface area contributed by atoms with Crippen molar-refractivity contribution >= 4 is 11.9 Å². The molecule has 1 aliphatic heterocycles. The molecule has 1 saturated heterocycles. The first kappa shape index (κ1) is 14.7. The van der Waals surface area contributed by atoms with E-state index in [1.165, 1.54) is 5.32 Å². The van der Waals surface area contributed by atoms with E-state index in [2.05, 4.69) is 4.74 Å². The molecule has 0 spiro atoms. The van der Waals surface area contributed by atoms with E-state index in [1.807, 2.05) is 0 Å². The molecule has 0 aromatic heterocycles. The zero-order valence-electron chi connectivity index (χ0n) is 9.45. The molecule has 1 amide bonds. The molecule has 0 aromatic rings. The molecule has 1 rings (SSSR count). The minimum absolute atomic E-state index is 0.0957. The third-order valence-corrected chi connectivity index (χ3v) is 2.04. The van der Waals surface area contributed by atoms with Crippen LogP contribution in [0.25, 0.3) is 0 Å². The van der Waals surface area contributed by atoms with Crippen LogP contribution in [0, 0.1) is 0 Å². The van der Waals surface area contributed by atoms with Crippen molar-refractivity contribution in [3.8, 4) is 0 Å². The van der Waals surface area contributed by atoms with E-state index >= 15 is 0 Å². The standard InChI is InChI=1S/C9H12F3NO5/c1-16-7(14)6(4-17-2-5-3-18-5)13-8(15)9(10,11)12/h5-6H,2-4H2,1H3,(H,13,15)/t5?,6-/m0/s1. The highest BCUT2D eigenvalue weighted by Gasteiger charge is 2.41. The van der Waals surface area contributed by atoms with Crippen molar-refractivity contribution < 1.29 is 37.0 Å². The average molecular weight is 271 g/mol. The van der Waals surface area contributed by atoms with E-state index in [9.17, 15) is 22.8 Å². The molecule has 104 valence electrons. The third-order valence-electron chi connectivity index (χ3n) is 2.04. The molecule has 1 aliphatic rings. The first-order chi connectivity index (χ1) is 8.34. The lowest BCUT2D eigenvalue weighted by atomic mass is 10.3. The molecule has 1 fully saturated rings. The average Bonchev–Trinajstić information content (AvgIpc) is 3.09. The third kappa shape index (κ3) is 4.88. The summed E-state index contributed by atoms with van der Waals surface area (Å²) >= 11 is 0. The Kier molecular flexibility index (Phi) is 4.91. The molecule has 0 radical (unpaired) electrons. The predicted octanol–water partition coefficient (Wildman–Crippen LogP) is -0.378. The maximum Gasteiger partial charge on any atom is 0.471 e. The molecular formula is C9H12F3NO5. The number of halogens is 3. The summed E-state index contributed by atoms with van der Waals surface area (Å²) in [7, 11) is 0.999. The molecule has 6 nitrogen and oxygen atoms in total. The van der Waals surface area contributed by atoms with E-state index in [4.69, 9.17) is 9.47 Å². The lowest BCUT2D eigenvalue weighted by molar-refractivity contribution is -0.176. The van der Waals surface area contributed by atoms with Gasteiger partial charge < -0.3 is 19.5 Å². The number of carbonyl (C=O) groups excluding carboxylic acids is 2. The highest BCUT2D eigenvalue weighted by molar-refractivity contribution is 5.87. The summed E-state index contributed by atoms with van der Waals surface area (Å²) in [5.41, 5.74) is 0. The Morgan fingerprint density at radius 2 is 2.11 bits per heavy atom. The molecule has 2 atom stereocenters. The van der Waals surface area contributed by atoms with Gasteiger partial charge >= 0.3 is 18.1 Å². The fourth-order valence-corrected chi connectivity index (χ4v) is 1.03. The topological polar surface area (TPSA) is 77.2 Å². The van der Waals surface area contributed by atoms with Crippen LogP contribution in [0.15, 0.2) is 0 Å². The SMILES string of the molecule is COC(=O)[C@H](COCC1CO1)NC(=O)C(F)(F)F. The van der Waals surface area contributed by atoms with Gasteiger partial charge in [-0.2, -0.15) is 13.2 Å². The van der Waals surface area contributed by atoms with Crippen molar-refractivity contribution in [3.05, 3.63) is 0 Å². The maximum absolute atomic E-state index is 12.0. The molecule has 9 heteroatoms. The molecule has 0 aliphatic carbocycles. The zero-order chi connectivity index (χ0) is 13.8. The first-order valence-electron chi connectivity index (χ1n) is 4.99. The summed E-state index contributed by atoms with van der Waals surface area (Å²) < 4.78 is 50.1. The van der Waals surface area contributed by atoms with Crippen LogP contribution in [0.5, 0.6) is 0 Å². The molecule has 0 aromatic carbocycles. The Labute approximate surface area is 100 Å². The van der Waals surface area contributed by atoms with Crippen molar-refractivity contribution in [3.63, 3.8) is 0 Å². The van der Waals surface area contributed by atoms with Gasteiger partial charge in [-0.1, -0.05) is 0 Å². The van der Waals surface area contributed by atoms with Gasteiger partial charge in [0, 0.05) is 0 Å². The van der Waals surface area contributed by atoms with Gasteiger partial charge in [0.25, 0.3) is 0 Å². The van der Waals surface area contributed by atoms with Crippen LogP contribution in [0.2, 0.25) is 0 Å². The smallest absolute Gasteiger partial charge is 0.467 e. The van der Waals surface area contributed by atoms with E-state index in [1.54, 1.807) is 0 Å². The maximum atomic E-state index is 12.0. The minimum Gasteiger partial charge on any atom is -0.467 e. The van der Waals surface area contributed by atoms with Gasteiger partial charge in [0.05, 0.1) is 26.9 Å².